The molecule has 7 nitrogen and oxygen atoms in total. The maximum absolute atomic E-state index is 13.1. The molecule has 1 spiro atoms. The Balaban J connectivity index is 1.32. The Morgan fingerprint density at radius 1 is 1.34 bits per heavy atom. The zero-order valence-electron chi connectivity index (χ0n) is 16.2. The molecule has 1 aliphatic carbocycles. The van der Waals surface area contributed by atoms with Gasteiger partial charge in [0.15, 0.2) is 0 Å². The Labute approximate surface area is 173 Å². The molecular weight excluding hydrogens is 390 g/mol. The third-order valence-electron chi connectivity index (χ3n) is 5.32. The summed E-state index contributed by atoms with van der Waals surface area (Å²) in [6.45, 7) is 2.27. The highest BCUT2D eigenvalue weighted by Gasteiger charge is 2.54. The maximum atomic E-state index is 13.1. The molecule has 0 saturated carbocycles. The molecule has 2 heterocycles. The average molecular weight is 413 g/mol. The van der Waals surface area contributed by atoms with Crippen LogP contribution in [0.2, 0.25) is 0 Å². The number of carbonyl (C=O) groups is 3. The van der Waals surface area contributed by atoms with Crippen molar-refractivity contribution in [3.8, 4) is 5.75 Å². The summed E-state index contributed by atoms with van der Waals surface area (Å²) in [5.74, 6) is 0.00640. The van der Waals surface area contributed by atoms with Crippen LogP contribution in [0.15, 0.2) is 35.7 Å². The maximum Gasteiger partial charge on any atom is 0.325 e. The number of nitrogens with one attached hydrogen (secondary N) is 2. The minimum atomic E-state index is -1.01. The van der Waals surface area contributed by atoms with Gasteiger partial charge < -0.3 is 15.4 Å². The van der Waals surface area contributed by atoms with Crippen LogP contribution in [-0.4, -0.2) is 42.4 Å². The molecule has 2 aromatic rings. The molecule has 4 rings (SSSR count). The number of benzene rings is 1. The third-order valence-corrected chi connectivity index (χ3v) is 6.30. The fourth-order valence-corrected chi connectivity index (χ4v) is 4.95. The molecule has 0 unspecified atom stereocenters. The van der Waals surface area contributed by atoms with Crippen LogP contribution in [0.3, 0.4) is 0 Å². The van der Waals surface area contributed by atoms with Crippen molar-refractivity contribution in [1.29, 1.82) is 0 Å². The van der Waals surface area contributed by atoms with E-state index < -0.39 is 11.6 Å². The van der Waals surface area contributed by atoms with Gasteiger partial charge in [0.25, 0.3) is 5.91 Å². The van der Waals surface area contributed by atoms with Crippen molar-refractivity contribution in [2.45, 2.75) is 31.7 Å². The molecule has 1 atom stereocenters. The first-order valence-corrected chi connectivity index (χ1v) is 10.5. The van der Waals surface area contributed by atoms with Crippen LogP contribution in [-0.2, 0) is 21.5 Å². The van der Waals surface area contributed by atoms with E-state index in [0.717, 1.165) is 39.5 Å². The number of amides is 4. The average Bonchev–Trinajstić information content (AvgIpc) is 3.26. The lowest BCUT2D eigenvalue weighted by atomic mass is 9.80. The normalized spacial score (nSPS) is 20.5. The second kappa shape index (κ2) is 7.87. The molecule has 2 aliphatic rings. The highest BCUT2D eigenvalue weighted by Crippen LogP contribution is 2.41. The summed E-state index contributed by atoms with van der Waals surface area (Å²) in [4.78, 5) is 40.0. The smallest absolute Gasteiger partial charge is 0.325 e. The molecule has 8 heteroatoms. The van der Waals surface area contributed by atoms with Crippen LogP contribution >= 0.6 is 11.3 Å². The van der Waals surface area contributed by atoms with Crippen molar-refractivity contribution in [2.24, 2.45) is 0 Å². The second-order valence-electron chi connectivity index (χ2n) is 7.35. The van der Waals surface area contributed by atoms with Gasteiger partial charge in [-0.15, -0.1) is 11.3 Å². The van der Waals surface area contributed by atoms with E-state index in [4.69, 9.17) is 4.74 Å². The summed E-state index contributed by atoms with van der Waals surface area (Å²) in [7, 11) is 0. The Hall–Kier alpha value is -2.87. The summed E-state index contributed by atoms with van der Waals surface area (Å²) < 4.78 is 5.60. The standard InChI is InChI=1S/C21H23N3O4S/c1-14-4-2-5-15(12-14)28-10-9-22-18(25)13-24-19(26)21(23-20(24)27)8-3-6-17-16(21)7-11-29-17/h2,4-5,7,11-12H,3,6,8-10,13H2,1H3,(H,22,25)(H,23,27)/t21-/m1/s1. The number of hydrogen-bond donors (Lipinski definition) is 2. The van der Waals surface area contributed by atoms with Gasteiger partial charge in [0.1, 0.15) is 24.4 Å². The van der Waals surface area contributed by atoms with Gasteiger partial charge in [-0.2, -0.15) is 0 Å². The molecule has 0 bridgehead atoms. The molecular formula is C21H23N3O4S. The number of ether oxygens (including phenoxy) is 1. The third kappa shape index (κ3) is 3.72. The number of thiophene rings is 1. The van der Waals surface area contributed by atoms with Crippen molar-refractivity contribution in [2.75, 3.05) is 19.7 Å². The fraction of sp³-hybridized carbons (Fsp3) is 0.381. The molecule has 4 amide bonds. The lowest BCUT2D eigenvalue weighted by Crippen LogP contribution is -2.47. The van der Waals surface area contributed by atoms with E-state index in [2.05, 4.69) is 10.6 Å². The van der Waals surface area contributed by atoms with Gasteiger partial charge in [-0.05, 0) is 55.3 Å². The second-order valence-corrected chi connectivity index (χ2v) is 8.35. The number of carbonyl (C=O) groups excluding carboxylic acids is 3. The number of rotatable bonds is 6. The minimum absolute atomic E-state index is 0.288. The van der Waals surface area contributed by atoms with E-state index in [9.17, 15) is 14.4 Å². The van der Waals surface area contributed by atoms with Crippen molar-refractivity contribution >= 4 is 29.2 Å². The fourth-order valence-electron chi connectivity index (χ4n) is 3.95. The molecule has 1 fully saturated rings. The highest BCUT2D eigenvalue weighted by atomic mass is 32.1. The van der Waals surface area contributed by atoms with E-state index in [1.54, 1.807) is 11.3 Å². The van der Waals surface area contributed by atoms with Crippen LogP contribution in [0.25, 0.3) is 0 Å². The van der Waals surface area contributed by atoms with E-state index in [-0.39, 0.29) is 24.9 Å². The van der Waals surface area contributed by atoms with Gasteiger partial charge >= 0.3 is 6.03 Å². The van der Waals surface area contributed by atoms with Crippen molar-refractivity contribution in [1.82, 2.24) is 15.5 Å². The highest BCUT2D eigenvalue weighted by molar-refractivity contribution is 7.10. The molecule has 1 aromatic heterocycles. The first-order valence-electron chi connectivity index (χ1n) is 9.67. The van der Waals surface area contributed by atoms with Crippen LogP contribution in [0.1, 0.15) is 28.8 Å². The van der Waals surface area contributed by atoms with Gasteiger partial charge in [0.2, 0.25) is 5.91 Å². The molecule has 2 N–H and O–H groups in total. The SMILES string of the molecule is Cc1cccc(OCCNC(=O)CN2C(=O)N[C@@]3(CCCc4sccc43)C2=O)c1. The number of hydrogen-bond acceptors (Lipinski definition) is 5. The summed E-state index contributed by atoms with van der Waals surface area (Å²) >= 11 is 1.60. The van der Waals surface area contributed by atoms with Crippen molar-refractivity contribution in [3.63, 3.8) is 0 Å². The Morgan fingerprint density at radius 2 is 2.21 bits per heavy atom. The molecule has 29 heavy (non-hydrogen) atoms. The zero-order valence-corrected chi connectivity index (χ0v) is 17.0. The Morgan fingerprint density at radius 3 is 3.03 bits per heavy atom. The number of imide groups is 1. The zero-order chi connectivity index (χ0) is 20.4. The lowest BCUT2D eigenvalue weighted by Gasteiger charge is -2.31. The first kappa shape index (κ1) is 19.4. The van der Waals surface area contributed by atoms with Gasteiger partial charge in [0, 0.05) is 10.4 Å². The summed E-state index contributed by atoms with van der Waals surface area (Å²) in [6, 6.07) is 9.04. The summed E-state index contributed by atoms with van der Waals surface area (Å²) in [6.07, 6.45) is 2.30. The molecule has 152 valence electrons. The minimum Gasteiger partial charge on any atom is -0.492 e. The molecule has 1 aromatic carbocycles. The van der Waals surface area contributed by atoms with E-state index in [1.165, 1.54) is 0 Å². The first-order chi connectivity index (χ1) is 14.0. The monoisotopic (exact) mass is 413 g/mol. The van der Waals surface area contributed by atoms with Crippen molar-refractivity contribution < 1.29 is 19.1 Å². The Kier molecular flexibility index (Phi) is 5.27. The number of fused-ring (bicyclic) bond motifs is 2. The quantitative estimate of drug-likeness (QED) is 0.562. The number of aryl methyl sites for hydroxylation is 2. The van der Waals surface area contributed by atoms with Gasteiger partial charge in [-0.1, -0.05) is 12.1 Å². The van der Waals surface area contributed by atoms with Gasteiger partial charge in [-0.25, -0.2) is 4.79 Å². The molecule has 0 radical (unpaired) electrons. The van der Waals surface area contributed by atoms with Crippen LogP contribution in [0.4, 0.5) is 4.79 Å². The van der Waals surface area contributed by atoms with E-state index >= 15 is 0 Å². The van der Waals surface area contributed by atoms with Crippen LogP contribution in [0, 0.1) is 6.92 Å². The summed E-state index contributed by atoms with van der Waals surface area (Å²) in [5.41, 5.74) is 0.955. The summed E-state index contributed by atoms with van der Waals surface area (Å²) in [5, 5.41) is 7.50. The molecule has 1 saturated heterocycles. The molecule has 1 aliphatic heterocycles. The number of urea groups is 1. The largest absolute Gasteiger partial charge is 0.492 e. The van der Waals surface area contributed by atoms with E-state index in [1.807, 2.05) is 42.6 Å². The van der Waals surface area contributed by atoms with Gasteiger partial charge in [-0.3, -0.25) is 14.5 Å². The van der Waals surface area contributed by atoms with Crippen molar-refractivity contribution in [3.05, 3.63) is 51.7 Å². The van der Waals surface area contributed by atoms with Crippen LogP contribution < -0.4 is 15.4 Å². The topological polar surface area (TPSA) is 87.7 Å². The Bertz CT molecular complexity index is 957. The number of nitrogens with zero attached hydrogens (tertiary/aromatic N) is 1. The van der Waals surface area contributed by atoms with Gasteiger partial charge in [0.05, 0.1) is 6.54 Å². The lowest BCUT2D eigenvalue weighted by molar-refractivity contribution is -0.135. The predicted octanol–water partition coefficient (Wildman–Crippen LogP) is 2.34. The predicted molar refractivity (Wildman–Crippen MR) is 109 cm³/mol. The van der Waals surface area contributed by atoms with E-state index in [0.29, 0.717) is 13.0 Å². The van der Waals surface area contributed by atoms with Crippen LogP contribution in [0.5, 0.6) is 5.75 Å².